The second kappa shape index (κ2) is 9.84. The molecule has 1 amide bonds. The topological polar surface area (TPSA) is 116 Å². The van der Waals surface area contributed by atoms with Crippen molar-refractivity contribution in [3.05, 3.63) is 105 Å². The second-order valence-corrected chi connectivity index (χ2v) is 7.11. The zero-order chi connectivity index (χ0) is 23.3. The zero-order valence-corrected chi connectivity index (χ0v) is 17.5. The highest BCUT2D eigenvalue weighted by Crippen LogP contribution is 2.27. The maximum Gasteiger partial charge on any atom is 0.339 e. The zero-order valence-electron chi connectivity index (χ0n) is 16.8. The summed E-state index contributed by atoms with van der Waals surface area (Å²) in [5, 5.41) is 13.6. The number of para-hydroxylation sites is 1. The summed E-state index contributed by atoms with van der Waals surface area (Å²) in [4.78, 5) is 48.4. The van der Waals surface area contributed by atoms with Gasteiger partial charge in [-0.15, -0.1) is 0 Å². The number of ketones is 1. The highest BCUT2D eigenvalue weighted by molar-refractivity contribution is 6.33. The van der Waals surface area contributed by atoms with Gasteiger partial charge in [0, 0.05) is 22.9 Å². The van der Waals surface area contributed by atoms with Crippen LogP contribution in [0.1, 0.15) is 33.2 Å². The number of carbonyl (C=O) groups excluding carboxylic acids is 3. The highest BCUT2D eigenvalue weighted by atomic mass is 35.5. The Morgan fingerprint density at radius 2 is 1.59 bits per heavy atom. The molecule has 0 saturated heterocycles. The van der Waals surface area contributed by atoms with E-state index in [4.69, 9.17) is 16.3 Å². The van der Waals surface area contributed by atoms with Crippen LogP contribution < -0.4 is 5.32 Å². The number of halogens is 1. The molecule has 162 valence electrons. The molecule has 9 heteroatoms. The van der Waals surface area contributed by atoms with E-state index in [1.54, 1.807) is 36.4 Å². The molecule has 0 spiro atoms. The van der Waals surface area contributed by atoms with Crippen LogP contribution >= 0.6 is 11.6 Å². The Hall–Kier alpha value is -4.04. The number of carbonyl (C=O) groups is 3. The molecule has 0 saturated carbocycles. The van der Waals surface area contributed by atoms with Crippen molar-refractivity contribution in [2.45, 2.75) is 13.0 Å². The number of nitrogens with one attached hydrogen (secondary N) is 1. The van der Waals surface area contributed by atoms with Gasteiger partial charge in [-0.2, -0.15) is 0 Å². The second-order valence-electron chi connectivity index (χ2n) is 6.70. The molecule has 8 nitrogen and oxygen atoms in total. The predicted molar refractivity (Wildman–Crippen MR) is 118 cm³/mol. The van der Waals surface area contributed by atoms with E-state index in [2.05, 4.69) is 5.32 Å². The van der Waals surface area contributed by atoms with E-state index in [1.807, 2.05) is 0 Å². The molecule has 1 N–H and O–H groups in total. The average Bonchev–Trinajstić information content (AvgIpc) is 2.79. The molecule has 0 bridgehead atoms. The third-order valence-corrected chi connectivity index (χ3v) is 4.81. The monoisotopic (exact) mass is 452 g/mol. The number of nitro groups is 1. The van der Waals surface area contributed by atoms with Crippen molar-refractivity contribution in [1.82, 2.24) is 0 Å². The number of hydrogen-bond acceptors (Lipinski definition) is 6. The van der Waals surface area contributed by atoms with Crippen LogP contribution in [-0.2, 0) is 9.53 Å². The standard InChI is InChI=1S/C23H17ClN2O6/c1-14(22(28)25-16-7-3-2-4-8-16)32-23(29)18-10-6-5-9-17(18)21(27)15-11-12-19(24)20(13-15)26(30)31/h2-14H,1H3,(H,25,28). The van der Waals surface area contributed by atoms with Crippen molar-refractivity contribution < 1.29 is 24.0 Å². The minimum atomic E-state index is -1.14. The Labute approximate surface area is 187 Å². The Morgan fingerprint density at radius 1 is 0.969 bits per heavy atom. The van der Waals surface area contributed by atoms with Crippen LogP contribution in [0, 0.1) is 10.1 Å². The predicted octanol–water partition coefficient (Wildman–Crippen LogP) is 4.66. The summed E-state index contributed by atoms with van der Waals surface area (Å²) >= 11 is 5.80. The van der Waals surface area contributed by atoms with Crippen molar-refractivity contribution in [3.8, 4) is 0 Å². The summed E-state index contributed by atoms with van der Waals surface area (Å²) < 4.78 is 5.25. The van der Waals surface area contributed by atoms with E-state index < -0.39 is 34.4 Å². The molecular formula is C23H17ClN2O6. The van der Waals surface area contributed by atoms with E-state index in [9.17, 15) is 24.5 Å². The molecule has 3 rings (SSSR count). The van der Waals surface area contributed by atoms with Gasteiger partial charge in [-0.25, -0.2) is 4.79 Å². The Bertz CT molecular complexity index is 1200. The molecule has 0 radical (unpaired) electrons. The number of anilines is 1. The largest absolute Gasteiger partial charge is 0.449 e. The number of amides is 1. The summed E-state index contributed by atoms with van der Waals surface area (Å²) in [5.41, 5.74) is -0.000407. The Morgan fingerprint density at radius 3 is 2.25 bits per heavy atom. The molecule has 3 aromatic carbocycles. The van der Waals surface area contributed by atoms with Gasteiger partial charge in [0.1, 0.15) is 5.02 Å². The van der Waals surface area contributed by atoms with Crippen LogP contribution in [0.25, 0.3) is 0 Å². The molecule has 0 heterocycles. The van der Waals surface area contributed by atoms with Crippen molar-refractivity contribution in [1.29, 1.82) is 0 Å². The fraction of sp³-hybridized carbons (Fsp3) is 0.0870. The Balaban J connectivity index is 1.80. The normalized spacial score (nSPS) is 11.3. The summed E-state index contributed by atoms with van der Waals surface area (Å²) in [5.74, 6) is -2.05. The quantitative estimate of drug-likeness (QED) is 0.241. The van der Waals surface area contributed by atoms with E-state index in [-0.39, 0.29) is 21.7 Å². The minimum Gasteiger partial charge on any atom is -0.449 e. The van der Waals surface area contributed by atoms with E-state index >= 15 is 0 Å². The lowest BCUT2D eigenvalue weighted by Crippen LogP contribution is -2.30. The fourth-order valence-electron chi connectivity index (χ4n) is 2.85. The van der Waals surface area contributed by atoms with Crippen molar-refractivity contribution in [2.24, 2.45) is 0 Å². The third-order valence-electron chi connectivity index (χ3n) is 4.49. The van der Waals surface area contributed by atoms with Crippen LogP contribution in [0.2, 0.25) is 5.02 Å². The van der Waals surface area contributed by atoms with E-state index in [0.29, 0.717) is 5.69 Å². The number of nitrogens with zero attached hydrogens (tertiary/aromatic N) is 1. The number of esters is 1. The van der Waals surface area contributed by atoms with Crippen LogP contribution in [0.4, 0.5) is 11.4 Å². The first-order chi connectivity index (χ1) is 15.3. The lowest BCUT2D eigenvalue weighted by atomic mass is 9.98. The van der Waals surface area contributed by atoms with Gasteiger partial charge < -0.3 is 10.1 Å². The molecule has 1 atom stereocenters. The van der Waals surface area contributed by atoms with Gasteiger partial charge in [-0.1, -0.05) is 48.0 Å². The maximum atomic E-state index is 13.0. The maximum absolute atomic E-state index is 13.0. The van der Waals surface area contributed by atoms with Crippen molar-refractivity contribution in [2.75, 3.05) is 5.32 Å². The number of ether oxygens (including phenoxy) is 1. The molecule has 0 aliphatic carbocycles. The number of rotatable bonds is 7. The minimum absolute atomic E-state index is 0.0174. The van der Waals surface area contributed by atoms with Gasteiger partial charge in [0.05, 0.1) is 10.5 Å². The number of benzene rings is 3. The Kier molecular flexibility index (Phi) is 6.97. The van der Waals surface area contributed by atoms with Crippen LogP contribution in [0.3, 0.4) is 0 Å². The fourth-order valence-corrected chi connectivity index (χ4v) is 3.04. The van der Waals surface area contributed by atoms with Gasteiger partial charge >= 0.3 is 5.97 Å². The van der Waals surface area contributed by atoms with Gasteiger partial charge in [-0.3, -0.25) is 19.7 Å². The smallest absolute Gasteiger partial charge is 0.339 e. The summed E-state index contributed by atoms with van der Waals surface area (Å²) in [6.45, 7) is 1.41. The SMILES string of the molecule is CC(OC(=O)c1ccccc1C(=O)c1ccc(Cl)c([N+](=O)[O-])c1)C(=O)Nc1ccccc1. The average molecular weight is 453 g/mol. The molecule has 1 unspecified atom stereocenters. The van der Waals surface area contributed by atoms with Gasteiger partial charge in [0.25, 0.3) is 11.6 Å². The first-order valence-corrected chi connectivity index (χ1v) is 9.80. The summed E-state index contributed by atoms with van der Waals surface area (Å²) in [6, 6.07) is 18.1. The molecule has 0 fully saturated rings. The van der Waals surface area contributed by atoms with Crippen LogP contribution in [-0.4, -0.2) is 28.7 Å². The van der Waals surface area contributed by atoms with Gasteiger partial charge in [0.15, 0.2) is 11.9 Å². The summed E-state index contributed by atoms with van der Waals surface area (Å²) in [7, 11) is 0. The van der Waals surface area contributed by atoms with Crippen LogP contribution in [0.5, 0.6) is 0 Å². The van der Waals surface area contributed by atoms with Crippen molar-refractivity contribution >= 4 is 40.6 Å². The van der Waals surface area contributed by atoms with E-state index in [1.165, 1.54) is 37.3 Å². The molecule has 32 heavy (non-hydrogen) atoms. The molecular weight excluding hydrogens is 436 g/mol. The van der Waals surface area contributed by atoms with Crippen molar-refractivity contribution in [3.63, 3.8) is 0 Å². The lowest BCUT2D eigenvalue weighted by Gasteiger charge is -2.15. The number of hydrogen-bond donors (Lipinski definition) is 1. The first-order valence-electron chi connectivity index (χ1n) is 9.42. The molecule has 0 aliphatic heterocycles. The van der Waals surface area contributed by atoms with Gasteiger partial charge in [-0.05, 0) is 37.3 Å². The third kappa shape index (κ3) is 5.16. The molecule has 3 aromatic rings. The molecule has 0 aromatic heterocycles. The lowest BCUT2D eigenvalue weighted by molar-refractivity contribution is -0.384. The van der Waals surface area contributed by atoms with Crippen LogP contribution in [0.15, 0.2) is 72.8 Å². The van der Waals surface area contributed by atoms with E-state index in [0.717, 1.165) is 6.07 Å². The molecule has 0 aliphatic rings. The van der Waals surface area contributed by atoms with Gasteiger partial charge in [0.2, 0.25) is 0 Å². The number of nitro benzene ring substituents is 1. The summed E-state index contributed by atoms with van der Waals surface area (Å²) in [6.07, 6.45) is -1.14. The highest BCUT2D eigenvalue weighted by Gasteiger charge is 2.25. The first kappa shape index (κ1) is 22.6.